The van der Waals surface area contributed by atoms with Gasteiger partial charge in [-0.1, -0.05) is 53.2 Å². The third-order valence-corrected chi connectivity index (χ3v) is 8.82. The van der Waals surface area contributed by atoms with Gasteiger partial charge in [-0.2, -0.15) is 29.8 Å². The second kappa shape index (κ2) is 11.8. The lowest BCUT2D eigenvalue weighted by Gasteiger charge is -2.20. The Morgan fingerprint density at radius 2 is 1.82 bits per heavy atom. The van der Waals surface area contributed by atoms with Crippen LogP contribution in [0, 0.1) is 0 Å². The first kappa shape index (κ1) is 25.3. The van der Waals surface area contributed by atoms with E-state index in [-0.39, 0.29) is 0 Å². The fourth-order valence-corrected chi connectivity index (χ4v) is 6.75. The van der Waals surface area contributed by atoms with Gasteiger partial charge in [0.2, 0.25) is 5.52 Å². The van der Waals surface area contributed by atoms with Crippen LogP contribution in [0.15, 0.2) is 58.0 Å². The van der Waals surface area contributed by atoms with Gasteiger partial charge in [-0.3, -0.25) is 0 Å². The van der Waals surface area contributed by atoms with Gasteiger partial charge in [0.25, 0.3) is 5.01 Å². The van der Waals surface area contributed by atoms with Crippen molar-refractivity contribution < 1.29 is 4.57 Å². The van der Waals surface area contributed by atoms with Gasteiger partial charge in [0.15, 0.2) is 6.54 Å². The third kappa shape index (κ3) is 5.91. The standard InChI is InChI=1S/C25H26Cl2N2S4/c1-2-17(13-24-28(9-3-11-30)20-15-18(26)5-7-22(20)32-24)14-25-29(10-4-12-31)21-16-19(27)6-8-23(21)33-25/h5-8,13-16H,2-4,9-12H2,1H3,(H-,30,31)/p+1. The van der Waals surface area contributed by atoms with Gasteiger partial charge in [-0.25, -0.2) is 0 Å². The maximum atomic E-state index is 6.32. The van der Waals surface area contributed by atoms with E-state index in [1.807, 2.05) is 35.2 Å². The molecule has 2 aromatic carbocycles. The second-order valence-electron chi connectivity index (χ2n) is 7.78. The zero-order valence-electron chi connectivity index (χ0n) is 18.4. The third-order valence-electron chi connectivity index (χ3n) is 5.49. The number of hydrogen-bond donors (Lipinski definition) is 2. The SMILES string of the molecule is CCC(/C=C1\Sc2ccc(Cl)cc2N1CCCS)=C\c1sc2ccc(Cl)cc2[n+]1CCCS. The van der Waals surface area contributed by atoms with Crippen LogP contribution < -0.4 is 9.47 Å². The first-order valence-electron chi connectivity index (χ1n) is 11.0. The van der Waals surface area contributed by atoms with Gasteiger partial charge in [0.05, 0.1) is 10.7 Å². The number of thiol groups is 2. The highest BCUT2D eigenvalue weighted by molar-refractivity contribution is 8.03. The number of benzene rings is 2. The Kier molecular flexibility index (Phi) is 9.05. The number of aryl methyl sites for hydroxylation is 1. The Labute approximate surface area is 225 Å². The molecule has 0 saturated heterocycles. The van der Waals surface area contributed by atoms with Crippen molar-refractivity contribution in [3.05, 3.63) is 68.1 Å². The Balaban J connectivity index is 1.74. The van der Waals surface area contributed by atoms with Crippen molar-refractivity contribution in [2.24, 2.45) is 0 Å². The Morgan fingerprint density at radius 3 is 2.58 bits per heavy atom. The summed E-state index contributed by atoms with van der Waals surface area (Å²) < 4.78 is 3.63. The van der Waals surface area contributed by atoms with Crippen LogP contribution in [0.3, 0.4) is 0 Å². The summed E-state index contributed by atoms with van der Waals surface area (Å²) in [6.45, 7) is 4.07. The van der Waals surface area contributed by atoms with E-state index in [4.69, 9.17) is 23.2 Å². The Bertz CT molecular complexity index is 1200. The number of thioether (sulfide) groups is 1. The van der Waals surface area contributed by atoms with Crippen molar-refractivity contribution >= 4 is 93.5 Å². The normalized spacial score (nSPS) is 15.1. The predicted octanol–water partition coefficient (Wildman–Crippen LogP) is 8.38. The van der Waals surface area contributed by atoms with Crippen LogP contribution in [-0.4, -0.2) is 18.1 Å². The molecule has 33 heavy (non-hydrogen) atoms. The van der Waals surface area contributed by atoms with E-state index < -0.39 is 0 Å². The lowest BCUT2D eigenvalue weighted by Crippen LogP contribution is -2.35. The quantitative estimate of drug-likeness (QED) is 0.203. The summed E-state index contributed by atoms with van der Waals surface area (Å²) in [4.78, 5) is 3.63. The average molecular weight is 555 g/mol. The van der Waals surface area contributed by atoms with Crippen LogP contribution in [0.4, 0.5) is 5.69 Å². The maximum Gasteiger partial charge on any atom is 0.263 e. The number of allylic oxidation sites excluding steroid dienone is 2. The summed E-state index contributed by atoms with van der Waals surface area (Å²) >= 11 is 25.1. The first-order chi connectivity index (χ1) is 16.0. The summed E-state index contributed by atoms with van der Waals surface area (Å²) in [5, 5.41) is 4.03. The van der Waals surface area contributed by atoms with E-state index in [9.17, 15) is 0 Å². The molecule has 0 aliphatic carbocycles. The van der Waals surface area contributed by atoms with E-state index in [1.165, 1.54) is 36.4 Å². The number of rotatable bonds is 9. The zero-order chi connectivity index (χ0) is 23.4. The number of halogens is 2. The minimum atomic E-state index is 0.770. The number of thiazole rings is 1. The molecule has 2 heterocycles. The highest BCUT2D eigenvalue weighted by Crippen LogP contribution is 2.47. The molecule has 0 atom stereocenters. The van der Waals surface area contributed by atoms with E-state index in [0.29, 0.717) is 0 Å². The molecule has 1 aliphatic rings. The monoisotopic (exact) mass is 553 g/mol. The molecule has 0 radical (unpaired) electrons. The number of hydrogen-bond acceptors (Lipinski definition) is 5. The van der Waals surface area contributed by atoms with Crippen LogP contribution in [0.1, 0.15) is 31.2 Å². The van der Waals surface area contributed by atoms with Gasteiger partial charge in [-0.05, 0) is 66.3 Å². The molecule has 0 spiro atoms. The molecular formula is C25H27Cl2N2S4+. The molecule has 8 heteroatoms. The molecule has 1 aromatic heterocycles. The molecule has 4 rings (SSSR count). The van der Waals surface area contributed by atoms with Crippen LogP contribution in [0.25, 0.3) is 16.3 Å². The summed E-state index contributed by atoms with van der Waals surface area (Å²) in [6.07, 6.45) is 7.63. The molecule has 0 unspecified atom stereocenters. The molecule has 0 amide bonds. The molecule has 0 N–H and O–H groups in total. The summed E-state index contributed by atoms with van der Waals surface area (Å²) in [7, 11) is 0. The van der Waals surface area contributed by atoms with Crippen molar-refractivity contribution in [1.82, 2.24) is 0 Å². The fraction of sp³-hybridized carbons (Fsp3) is 0.320. The van der Waals surface area contributed by atoms with Gasteiger partial charge in [0.1, 0.15) is 4.70 Å². The summed E-state index contributed by atoms with van der Waals surface area (Å²) in [6, 6.07) is 12.3. The topological polar surface area (TPSA) is 7.12 Å². The highest BCUT2D eigenvalue weighted by Gasteiger charge is 2.26. The molecule has 1 aliphatic heterocycles. The smallest absolute Gasteiger partial charge is 0.263 e. The Morgan fingerprint density at radius 1 is 1.06 bits per heavy atom. The minimum Gasteiger partial charge on any atom is -0.335 e. The number of fused-ring (bicyclic) bond motifs is 2. The first-order valence-corrected chi connectivity index (χ1v) is 14.7. The summed E-state index contributed by atoms with van der Waals surface area (Å²) in [5.41, 5.74) is 3.68. The average Bonchev–Trinajstić information content (AvgIpc) is 3.32. The van der Waals surface area contributed by atoms with E-state index >= 15 is 0 Å². The molecule has 0 fully saturated rings. The molecule has 0 bridgehead atoms. The largest absolute Gasteiger partial charge is 0.335 e. The van der Waals surface area contributed by atoms with Crippen molar-refractivity contribution in [3.8, 4) is 0 Å². The lowest BCUT2D eigenvalue weighted by molar-refractivity contribution is -0.668. The van der Waals surface area contributed by atoms with Crippen molar-refractivity contribution in [2.75, 3.05) is 23.0 Å². The van der Waals surface area contributed by atoms with E-state index in [0.717, 1.165) is 53.9 Å². The van der Waals surface area contributed by atoms with E-state index in [1.54, 1.807) is 0 Å². The maximum absolute atomic E-state index is 6.32. The van der Waals surface area contributed by atoms with E-state index in [2.05, 4.69) is 78.1 Å². The van der Waals surface area contributed by atoms with Crippen molar-refractivity contribution in [1.29, 1.82) is 0 Å². The van der Waals surface area contributed by atoms with Gasteiger partial charge >= 0.3 is 0 Å². The molecule has 3 aromatic rings. The molecule has 0 saturated carbocycles. The van der Waals surface area contributed by atoms with Gasteiger partial charge < -0.3 is 4.90 Å². The Hall–Kier alpha value is -0.760. The molecule has 174 valence electrons. The predicted molar refractivity (Wildman–Crippen MR) is 155 cm³/mol. The number of nitrogens with zero attached hydrogens (tertiary/aromatic N) is 2. The second-order valence-corrected chi connectivity index (χ2v) is 11.7. The van der Waals surface area contributed by atoms with Gasteiger partial charge in [0, 0.05) is 40.0 Å². The van der Waals surface area contributed by atoms with Crippen molar-refractivity contribution in [2.45, 2.75) is 37.6 Å². The zero-order valence-corrected chi connectivity index (χ0v) is 23.4. The molecule has 2 nitrogen and oxygen atoms in total. The molecular weight excluding hydrogens is 527 g/mol. The number of aromatic nitrogens is 1. The highest BCUT2D eigenvalue weighted by atomic mass is 35.5. The summed E-state index contributed by atoms with van der Waals surface area (Å²) in [5.74, 6) is 1.71. The van der Waals surface area contributed by atoms with Gasteiger partial charge in [-0.15, -0.1) is 0 Å². The van der Waals surface area contributed by atoms with Crippen LogP contribution >= 0.6 is 71.6 Å². The van der Waals surface area contributed by atoms with Crippen LogP contribution in [0.5, 0.6) is 0 Å². The minimum absolute atomic E-state index is 0.770. The fourth-order valence-electron chi connectivity index (χ4n) is 3.85. The van der Waals surface area contributed by atoms with Crippen LogP contribution in [0.2, 0.25) is 10.0 Å². The number of anilines is 1. The van der Waals surface area contributed by atoms with Crippen LogP contribution in [-0.2, 0) is 6.54 Å². The van der Waals surface area contributed by atoms with Crippen molar-refractivity contribution in [3.63, 3.8) is 0 Å². The lowest BCUT2D eigenvalue weighted by atomic mass is 10.2.